The van der Waals surface area contributed by atoms with Crippen LogP contribution in [0.5, 0.6) is 0 Å². The summed E-state index contributed by atoms with van der Waals surface area (Å²) in [4.78, 5) is 25.8. The van der Waals surface area contributed by atoms with Gasteiger partial charge in [-0.3, -0.25) is 9.59 Å². The van der Waals surface area contributed by atoms with Crippen molar-refractivity contribution in [1.29, 1.82) is 0 Å². The summed E-state index contributed by atoms with van der Waals surface area (Å²) in [5, 5.41) is 72.2. The minimum absolute atomic E-state index is 0.160. The lowest BCUT2D eigenvalue weighted by molar-refractivity contribution is -0.332. The number of aliphatic hydroxyl groups is 7. The molecular weight excluding hydrogens is 901 g/mol. The van der Waals surface area contributed by atoms with Crippen molar-refractivity contribution in [3.8, 4) is 0 Å². The number of ether oxygens (including phenoxy) is 6. The van der Waals surface area contributed by atoms with Crippen LogP contribution < -0.4 is 0 Å². The quantitative estimate of drug-likeness (QED) is 0.0173. The number of carbonyl (C=O) groups excluding carboxylic acids is 2. The van der Waals surface area contributed by atoms with E-state index in [1.807, 2.05) is 0 Å². The van der Waals surface area contributed by atoms with Crippen molar-refractivity contribution < 1.29 is 73.8 Å². The van der Waals surface area contributed by atoms with Gasteiger partial charge in [-0.1, -0.05) is 178 Å². The Morgan fingerprint density at radius 1 is 0.457 bits per heavy atom. The zero-order chi connectivity index (χ0) is 51.0. The molecule has 2 rings (SSSR count). The molecule has 0 aromatic carbocycles. The van der Waals surface area contributed by atoms with Crippen molar-refractivity contribution in [3.63, 3.8) is 0 Å². The van der Waals surface area contributed by atoms with E-state index in [0.717, 1.165) is 64.2 Å². The van der Waals surface area contributed by atoms with Crippen LogP contribution in [-0.2, 0) is 38.0 Å². The lowest BCUT2D eigenvalue weighted by Gasteiger charge is -2.42. The van der Waals surface area contributed by atoms with Gasteiger partial charge in [0.2, 0.25) is 0 Å². The number of unbranched alkanes of at least 4 members (excludes halogenated alkanes) is 20. The van der Waals surface area contributed by atoms with Gasteiger partial charge in [-0.2, -0.15) is 0 Å². The first-order valence-electron chi connectivity index (χ1n) is 27.2. The molecule has 11 atom stereocenters. The predicted molar refractivity (Wildman–Crippen MR) is 270 cm³/mol. The van der Waals surface area contributed by atoms with E-state index in [1.54, 1.807) is 0 Å². The normalized spacial score (nSPS) is 25.7. The van der Waals surface area contributed by atoms with Crippen LogP contribution in [0.4, 0.5) is 0 Å². The fourth-order valence-corrected chi connectivity index (χ4v) is 8.33. The Morgan fingerprint density at radius 2 is 0.886 bits per heavy atom. The number of esters is 2. The summed E-state index contributed by atoms with van der Waals surface area (Å²) in [7, 11) is 0. The average Bonchev–Trinajstić information content (AvgIpc) is 3.35. The molecule has 0 aliphatic carbocycles. The molecule has 2 heterocycles. The summed E-state index contributed by atoms with van der Waals surface area (Å²) in [5.41, 5.74) is 0. The Morgan fingerprint density at radius 3 is 1.40 bits per heavy atom. The van der Waals surface area contributed by atoms with Crippen molar-refractivity contribution in [2.45, 2.75) is 261 Å². The van der Waals surface area contributed by atoms with Crippen molar-refractivity contribution in [3.05, 3.63) is 48.6 Å². The van der Waals surface area contributed by atoms with E-state index in [1.165, 1.54) is 89.9 Å². The molecular formula is C55H96O15. The van der Waals surface area contributed by atoms with Crippen molar-refractivity contribution in [2.24, 2.45) is 0 Å². The van der Waals surface area contributed by atoms with E-state index in [9.17, 15) is 45.3 Å². The molecule has 70 heavy (non-hydrogen) atoms. The summed E-state index contributed by atoms with van der Waals surface area (Å²) in [6.45, 7) is 2.51. The molecule has 406 valence electrons. The zero-order valence-electron chi connectivity index (χ0n) is 43.0. The molecule has 2 saturated heterocycles. The maximum atomic E-state index is 13.0. The van der Waals surface area contributed by atoms with Crippen LogP contribution in [0.3, 0.4) is 0 Å². The molecule has 0 amide bonds. The molecule has 0 spiro atoms. The highest BCUT2D eigenvalue weighted by Crippen LogP contribution is 2.26. The Labute approximate surface area is 420 Å². The molecule has 2 aliphatic rings. The molecule has 0 saturated carbocycles. The van der Waals surface area contributed by atoms with E-state index < -0.39 is 99.3 Å². The van der Waals surface area contributed by atoms with Gasteiger partial charge in [-0.15, -0.1) is 0 Å². The van der Waals surface area contributed by atoms with Crippen LogP contribution in [0, 0.1) is 0 Å². The van der Waals surface area contributed by atoms with E-state index in [-0.39, 0.29) is 19.4 Å². The first kappa shape index (κ1) is 63.6. The minimum Gasteiger partial charge on any atom is -0.462 e. The van der Waals surface area contributed by atoms with Gasteiger partial charge in [0, 0.05) is 12.8 Å². The first-order valence-corrected chi connectivity index (χ1v) is 27.2. The SMILES string of the molecule is CCC/C=C/C/C=C/C/C=C/C/C=C/CCCCCC(=O)OC[C@@H](CO[C@@H]1O[C@H](CO[C@@H]2O[C@H](CO)[C@H](O)C(O)C2O)[C@H](O)C(O)C1O)OC(=O)CCCCCCCCCCCCCCCCCCC. The smallest absolute Gasteiger partial charge is 0.306 e. The largest absolute Gasteiger partial charge is 0.462 e. The second-order valence-electron chi connectivity index (χ2n) is 19.1. The van der Waals surface area contributed by atoms with E-state index in [2.05, 4.69) is 62.5 Å². The topological polar surface area (TPSA) is 231 Å². The van der Waals surface area contributed by atoms with Gasteiger partial charge in [0.15, 0.2) is 18.7 Å². The highest BCUT2D eigenvalue weighted by Gasteiger charge is 2.47. The van der Waals surface area contributed by atoms with Gasteiger partial charge in [-0.05, 0) is 51.4 Å². The summed E-state index contributed by atoms with van der Waals surface area (Å²) in [5.74, 6) is -0.956. The van der Waals surface area contributed by atoms with Crippen LogP contribution in [0.2, 0.25) is 0 Å². The zero-order valence-corrected chi connectivity index (χ0v) is 43.0. The van der Waals surface area contributed by atoms with Crippen molar-refractivity contribution in [2.75, 3.05) is 26.4 Å². The lowest BCUT2D eigenvalue weighted by Crippen LogP contribution is -2.61. The first-order chi connectivity index (χ1) is 34.0. The van der Waals surface area contributed by atoms with E-state index >= 15 is 0 Å². The summed E-state index contributed by atoms with van der Waals surface area (Å²) < 4.78 is 33.6. The molecule has 15 nitrogen and oxygen atoms in total. The van der Waals surface area contributed by atoms with Crippen molar-refractivity contribution in [1.82, 2.24) is 0 Å². The fraction of sp³-hybridized carbons (Fsp3) is 0.818. The third kappa shape index (κ3) is 29.2. The monoisotopic (exact) mass is 997 g/mol. The molecule has 0 bridgehead atoms. The maximum absolute atomic E-state index is 13.0. The number of rotatable bonds is 42. The van der Waals surface area contributed by atoms with Gasteiger partial charge in [0.05, 0.1) is 19.8 Å². The third-order valence-corrected chi connectivity index (χ3v) is 12.8. The van der Waals surface area contributed by atoms with Crippen LogP contribution >= 0.6 is 0 Å². The second-order valence-corrected chi connectivity index (χ2v) is 19.1. The minimum atomic E-state index is -1.77. The number of aliphatic hydroxyl groups excluding tert-OH is 7. The number of hydrogen-bond donors (Lipinski definition) is 7. The number of allylic oxidation sites excluding steroid dienone is 8. The van der Waals surface area contributed by atoms with Crippen LogP contribution in [0.15, 0.2) is 48.6 Å². The molecule has 0 aromatic heterocycles. The Balaban J connectivity index is 1.80. The average molecular weight is 997 g/mol. The standard InChI is InChI=1S/C55H96O15/c1-3-5-7-9-11-13-15-17-19-21-23-25-27-29-31-33-35-37-46(57)65-40-43(68-47(58)38-36-34-32-30-28-26-24-22-20-18-16-14-12-10-8-6-4-2)41-66-54-53(64)51(62)49(60)45(70-54)42-67-55-52(63)50(61)48(59)44(39-56)69-55/h7,9,13,15,19,21,25,27,43-45,48-56,59-64H,3-6,8,10-12,14,16-18,20,22-24,26,28-42H2,1-2H3/b9-7+,15-13+,21-19+,27-25+/t43-,44+,45+,48-,49-,50?,51?,52?,53?,54+,55+/m0/s1. The van der Waals surface area contributed by atoms with Gasteiger partial charge < -0.3 is 64.2 Å². The molecule has 0 aromatic rings. The van der Waals surface area contributed by atoms with Crippen LogP contribution in [-0.4, -0.2) is 142 Å². The van der Waals surface area contributed by atoms with Gasteiger partial charge in [0.25, 0.3) is 0 Å². The molecule has 15 heteroatoms. The lowest BCUT2D eigenvalue weighted by atomic mass is 9.98. The Kier molecular flexibility index (Phi) is 38.0. The Bertz CT molecular complexity index is 1400. The van der Waals surface area contributed by atoms with Gasteiger partial charge in [-0.25, -0.2) is 0 Å². The molecule has 7 N–H and O–H groups in total. The van der Waals surface area contributed by atoms with Crippen LogP contribution in [0.1, 0.15) is 194 Å². The van der Waals surface area contributed by atoms with E-state index in [0.29, 0.717) is 12.8 Å². The second kappa shape index (κ2) is 41.9. The summed E-state index contributed by atoms with van der Waals surface area (Å²) >= 11 is 0. The highest BCUT2D eigenvalue weighted by atomic mass is 16.7. The van der Waals surface area contributed by atoms with Gasteiger partial charge >= 0.3 is 11.9 Å². The molecule has 4 unspecified atom stereocenters. The van der Waals surface area contributed by atoms with Crippen LogP contribution in [0.25, 0.3) is 0 Å². The predicted octanol–water partition coefficient (Wildman–Crippen LogP) is 8.27. The third-order valence-electron chi connectivity index (χ3n) is 12.8. The summed E-state index contributed by atoms with van der Waals surface area (Å²) in [6.07, 6.45) is 29.9. The molecule has 0 radical (unpaired) electrons. The molecule has 2 aliphatic heterocycles. The maximum Gasteiger partial charge on any atom is 0.306 e. The fourth-order valence-electron chi connectivity index (χ4n) is 8.33. The summed E-state index contributed by atoms with van der Waals surface area (Å²) in [6, 6.07) is 0. The van der Waals surface area contributed by atoms with Crippen molar-refractivity contribution >= 4 is 11.9 Å². The number of hydrogen-bond acceptors (Lipinski definition) is 15. The highest BCUT2D eigenvalue weighted by molar-refractivity contribution is 5.70. The molecule has 2 fully saturated rings. The van der Waals surface area contributed by atoms with E-state index in [4.69, 9.17) is 28.4 Å². The number of carbonyl (C=O) groups is 2. The Hall–Kier alpha value is -2.54. The van der Waals surface area contributed by atoms with Gasteiger partial charge in [0.1, 0.15) is 55.4 Å².